The monoisotopic (exact) mass is 251 g/mol. The molecule has 0 N–H and O–H groups in total. The second-order valence-corrected chi connectivity index (χ2v) is 4.62. The maximum Gasteiger partial charge on any atom is 0.319 e. The number of esters is 1. The van der Waals surface area contributed by atoms with Crippen LogP contribution in [-0.2, 0) is 14.3 Å². The van der Waals surface area contributed by atoms with Gasteiger partial charge in [-0.25, -0.2) is 0 Å². The summed E-state index contributed by atoms with van der Waals surface area (Å²) in [5.41, 5.74) is -0.136. The van der Waals surface area contributed by atoms with Crippen LogP contribution in [0.2, 0.25) is 0 Å². The summed E-state index contributed by atoms with van der Waals surface area (Å²) in [7, 11) is 0. The molecule has 0 radical (unpaired) electrons. The van der Waals surface area contributed by atoms with Gasteiger partial charge in [0.1, 0.15) is 5.41 Å². The lowest BCUT2D eigenvalue weighted by Crippen LogP contribution is -2.37. The van der Waals surface area contributed by atoms with Crippen molar-refractivity contribution in [2.75, 3.05) is 6.61 Å². The molecule has 0 aromatic carbocycles. The van der Waals surface area contributed by atoms with Crippen LogP contribution >= 0.6 is 0 Å². The van der Waals surface area contributed by atoms with Crippen LogP contribution in [0, 0.1) is 16.7 Å². The highest BCUT2D eigenvalue weighted by Gasteiger charge is 2.40. The normalized spacial score (nSPS) is 13.1. The van der Waals surface area contributed by atoms with Gasteiger partial charge in [-0.05, 0) is 34.1 Å². The number of carbonyl (C=O) groups excluding carboxylic acids is 2. The molecule has 0 spiro atoms. The minimum Gasteiger partial charge on any atom is -0.465 e. The molecule has 0 fully saturated rings. The van der Waals surface area contributed by atoms with Gasteiger partial charge in [0.2, 0.25) is 0 Å². The Bertz CT molecular complexity index is 375. The molecule has 0 rings (SSSR count). The first kappa shape index (κ1) is 16.4. The van der Waals surface area contributed by atoms with Crippen LogP contribution in [-0.4, -0.2) is 18.4 Å². The Morgan fingerprint density at radius 1 is 1.39 bits per heavy atom. The van der Waals surface area contributed by atoms with Crippen LogP contribution in [0.4, 0.5) is 0 Å². The smallest absolute Gasteiger partial charge is 0.319 e. The molecule has 0 saturated carbocycles. The van der Waals surface area contributed by atoms with Crippen molar-refractivity contribution in [3.05, 3.63) is 11.6 Å². The van der Waals surface area contributed by atoms with Crippen LogP contribution in [0.25, 0.3) is 0 Å². The van der Waals surface area contributed by atoms with Crippen molar-refractivity contribution >= 4 is 11.8 Å². The lowest BCUT2D eigenvalue weighted by atomic mass is 9.80. The zero-order valence-electron chi connectivity index (χ0n) is 11.6. The number of ether oxygens (including phenoxy) is 1. The Morgan fingerprint density at radius 2 is 2.00 bits per heavy atom. The third-order valence-corrected chi connectivity index (χ3v) is 2.72. The van der Waals surface area contributed by atoms with Gasteiger partial charge in [-0.2, -0.15) is 5.26 Å². The number of carbonyl (C=O) groups is 2. The van der Waals surface area contributed by atoms with Crippen LogP contribution < -0.4 is 0 Å². The molecule has 0 bridgehead atoms. The van der Waals surface area contributed by atoms with E-state index in [4.69, 9.17) is 10.00 Å². The topological polar surface area (TPSA) is 67.2 Å². The number of Topliss-reactive ketones (excluding diaryl/α,β-unsaturated/α-hetero) is 1. The first-order valence-corrected chi connectivity index (χ1v) is 6.09. The zero-order chi connectivity index (χ0) is 14.2. The molecule has 100 valence electrons. The van der Waals surface area contributed by atoms with E-state index in [0.29, 0.717) is 6.42 Å². The lowest BCUT2D eigenvalue weighted by molar-refractivity contribution is -0.158. The van der Waals surface area contributed by atoms with E-state index in [1.54, 1.807) is 13.8 Å². The van der Waals surface area contributed by atoms with Gasteiger partial charge in [-0.3, -0.25) is 9.59 Å². The molecule has 0 heterocycles. The molecule has 4 heteroatoms. The van der Waals surface area contributed by atoms with Gasteiger partial charge in [-0.1, -0.05) is 11.6 Å². The number of nitrogens with zero attached hydrogens (tertiary/aromatic N) is 1. The van der Waals surface area contributed by atoms with E-state index < -0.39 is 11.4 Å². The predicted molar refractivity (Wildman–Crippen MR) is 68.6 cm³/mol. The Kier molecular flexibility index (Phi) is 6.96. The Hall–Kier alpha value is -1.63. The SMILES string of the molecule is CCOC(=O)C(C)(CC=C(C)C)C(=O)CCC#N. The van der Waals surface area contributed by atoms with Crippen LogP contribution in [0.15, 0.2) is 11.6 Å². The molecule has 0 aromatic heterocycles. The van der Waals surface area contributed by atoms with E-state index >= 15 is 0 Å². The fraction of sp³-hybridized carbons (Fsp3) is 0.643. The standard InChI is InChI=1S/C14H21NO3/c1-5-18-13(17)14(4,9-8-11(2)3)12(16)7-6-10-15/h8H,5-7,9H2,1-4H3. The summed E-state index contributed by atoms with van der Waals surface area (Å²) < 4.78 is 4.97. The average Bonchev–Trinajstić information content (AvgIpc) is 2.33. The molecule has 0 aliphatic heterocycles. The fourth-order valence-corrected chi connectivity index (χ4v) is 1.45. The summed E-state index contributed by atoms with van der Waals surface area (Å²) in [6, 6.07) is 1.92. The van der Waals surface area contributed by atoms with Crippen LogP contribution in [0.5, 0.6) is 0 Å². The number of hydrogen-bond donors (Lipinski definition) is 0. The summed E-state index contributed by atoms with van der Waals surface area (Å²) in [5, 5.41) is 8.51. The van der Waals surface area contributed by atoms with Gasteiger partial charge in [-0.15, -0.1) is 0 Å². The van der Waals surface area contributed by atoms with Gasteiger partial charge in [0.05, 0.1) is 12.7 Å². The summed E-state index contributed by atoms with van der Waals surface area (Å²) in [6.45, 7) is 7.36. The molecule has 0 aliphatic carbocycles. The average molecular weight is 251 g/mol. The Morgan fingerprint density at radius 3 is 2.44 bits per heavy atom. The second kappa shape index (κ2) is 7.65. The molecule has 0 aromatic rings. The Balaban J connectivity index is 5.02. The molecule has 1 atom stereocenters. The van der Waals surface area contributed by atoms with E-state index in [9.17, 15) is 9.59 Å². The van der Waals surface area contributed by atoms with Crippen molar-refractivity contribution in [3.63, 3.8) is 0 Å². The maximum absolute atomic E-state index is 12.1. The first-order chi connectivity index (χ1) is 8.38. The first-order valence-electron chi connectivity index (χ1n) is 6.09. The summed E-state index contributed by atoms with van der Waals surface area (Å²) in [4.78, 5) is 24.0. The number of hydrogen-bond acceptors (Lipinski definition) is 4. The van der Waals surface area contributed by atoms with Crippen molar-refractivity contribution < 1.29 is 14.3 Å². The third kappa shape index (κ3) is 4.70. The van der Waals surface area contributed by atoms with Gasteiger partial charge < -0.3 is 4.74 Å². The van der Waals surface area contributed by atoms with Crippen molar-refractivity contribution in [1.29, 1.82) is 5.26 Å². The van der Waals surface area contributed by atoms with Crippen molar-refractivity contribution in [3.8, 4) is 6.07 Å². The van der Waals surface area contributed by atoms with E-state index in [1.165, 1.54) is 0 Å². The van der Waals surface area contributed by atoms with Crippen molar-refractivity contribution in [1.82, 2.24) is 0 Å². The van der Waals surface area contributed by atoms with Crippen molar-refractivity contribution in [2.24, 2.45) is 5.41 Å². The highest BCUT2D eigenvalue weighted by Crippen LogP contribution is 2.28. The number of nitriles is 1. The second-order valence-electron chi connectivity index (χ2n) is 4.62. The van der Waals surface area contributed by atoms with E-state index in [0.717, 1.165) is 5.57 Å². The fourth-order valence-electron chi connectivity index (χ4n) is 1.45. The molecule has 0 saturated heterocycles. The largest absolute Gasteiger partial charge is 0.465 e. The van der Waals surface area contributed by atoms with Gasteiger partial charge in [0, 0.05) is 12.8 Å². The minimum atomic E-state index is -1.18. The zero-order valence-corrected chi connectivity index (χ0v) is 11.6. The van der Waals surface area contributed by atoms with Gasteiger partial charge in [0.15, 0.2) is 5.78 Å². The van der Waals surface area contributed by atoms with Crippen LogP contribution in [0.3, 0.4) is 0 Å². The molecular formula is C14H21NO3. The third-order valence-electron chi connectivity index (χ3n) is 2.72. The molecule has 4 nitrogen and oxygen atoms in total. The number of ketones is 1. The summed E-state index contributed by atoms with van der Waals surface area (Å²) in [5.74, 6) is -0.745. The van der Waals surface area contributed by atoms with E-state index in [1.807, 2.05) is 26.0 Å². The molecule has 0 amide bonds. The number of rotatable bonds is 7. The maximum atomic E-state index is 12.1. The van der Waals surface area contributed by atoms with E-state index in [-0.39, 0.29) is 25.2 Å². The lowest BCUT2D eigenvalue weighted by Gasteiger charge is -2.24. The molecule has 18 heavy (non-hydrogen) atoms. The molecule has 1 unspecified atom stereocenters. The summed E-state index contributed by atoms with van der Waals surface area (Å²) in [6.07, 6.45) is 2.38. The highest BCUT2D eigenvalue weighted by atomic mass is 16.5. The van der Waals surface area contributed by atoms with Crippen molar-refractivity contribution in [2.45, 2.75) is 47.0 Å². The van der Waals surface area contributed by atoms with E-state index in [2.05, 4.69) is 0 Å². The van der Waals surface area contributed by atoms with Crippen LogP contribution in [0.1, 0.15) is 47.0 Å². The minimum absolute atomic E-state index is 0.0857. The van der Waals surface area contributed by atoms with Gasteiger partial charge >= 0.3 is 5.97 Å². The molecule has 0 aliphatic rings. The quantitative estimate of drug-likeness (QED) is 0.396. The Labute approximate surface area is 109 Å². The summed E-state index contributed by atoms with van der Waals surface area (Å²) >= 11 is 0. The molecular weight excluding hydrogens is 230 g/mol. The van der Waals surface area contributed by atoms with Gasteiger partial charge in [0.25, 0.3) is 0 Å². The highest BCUT2D eigenvalue weighted by molar-refractivity contribution is 6.03. The number of allylic oxidation sites excluding steroid dienone is 2. The predicted octanol–water partition coefficient (Wildman–Crippen LogP) is 2.78.